The molecule has 1 heterocycles. The molecule has 0 aliphatic carbocycles. The van der Waals surface area contributed by atoms with Gasteiger partial charge in [-0.15, -0.1) is 0 Å². The first kappa shape index (κ1) is 13.6. The fourth-order valence-corrected chi connectivity index (χ4v) is 2.78. The van der Waals surface area contributed by atoms with Crippen LogP contribution in [0.15, 0.2) is 4.99 Å². The second kappa shape index (κ2) is 6.35. The summed E-state index contributed by atoms with van der Waals surface area (Å²) in [5.41, 5.74) is 5.09. The highest BCUT2D eigenvalue weighted by Gasteiger charge is 2.31. The Balaban J connectivity index is 2.22. The predicted molar refractivity (Wildman–Crippen MR) is 70.8 cm³/mol. The van der Waals surface area contributed by atoms with Crippen LogP contribution in [0.4, 0.5) is 0 Å². The van der Waals surface area contributed by atoms with Gasteiger partial charge in [0.1, 0.15) is 0 Å². The number of nitrogens with zero attached hydrogens (tertiary/aromatic N) is 1. The molecule has 1 atom stereocenters. The second-order valence-electron chi connectivity index (χ2n) is 4.84. The highest BCUT2D eigenvalue weighted by molar-refractivity contribution is 7.99. The van der Waals surface area contributed by atoms with Crippen molar-refractivity contribution in [1.82, 2.24) is 5.32 Å². The van der Waals surface area contributed by atoms with Crippen molar-refractivity contribution < 1.29 is 5.11 Å². The van der Waals surface area contributed by atoms with Crippen molar-refractivity contribution in [1.29, 1.82) is 0 Å². The number of thioether (sulfide) groups is 1. The van der Waals surface area contributed by atoms with Crippen LogP contribution in [0.3, 0.4) is 0 Å². The standard InChI is InChI=1S/C11H23N3OS/c1-9(2)3-5-13-10(12)14-7-11(15)4-6-16-8-11/h9,15H,3-8H2,1-2H3,(H3,12,13,14). The summed E-state index contributed by atoms with van der Waals surface area (Å²) < 4.78 is 0. The Labute approximate surface area is 102 Å². The monoisotopic (exact) mass is 245 g/mol. The summed E-state index contributed by atoms with van der Waals surface area (Å²) >= 11 is 1.77. The third-order valence-corrected chi connectivity index (χ3v) is 3.89. The fourth-order valence-electron chi connectivity index (χ4n) is 1.50. The lowest BCUT2D eigenvalue weighted by Gasteiger charge is -2.18. The van der Waals surface area contributed by atoms with Gasteiger partial charge < -0.3 is 16.2 Å². The first-order valence-electron chi connectivity index (χ1n) is 5.86. The van der Waals surface area contributed by atoms with Crippen LogP contribution in [0, 0.1) is 5.92 Å². The van der Waals surface area contributed by atoms with Crippen molar-refractivity contribution in [3.63, 3.8) is 0 Å². The molecule has 0 saturated carbocycles. The van der Waals surface area contributed by atoms with Crippen LogP contribution >= 0.6 is 11.8 Å². The molecule has 0 spiro atoms. The Morgan fingerprint density at radius 1 is 1.62 bits per heavy atom. The minimum absolute atomic E-state index is 0.417. The third-order valence-electron chi connectivity index (χ3n) is 2.65. The van der Waals surface area contributed by atoms with Gasteiger partial charge in [0.15, 0.2) is 5.96 Å². The van der Waals surface area contributed by atoms with E-state index in [0.29, 0.717) is 18.4 Å². The molecule has 1 aliphatic heterocycles. The van der Waals surface area contributed by atoms with Crippen LogP contribution in [0.1, 0.15) is 26.7 Å². The molecule has 1 rings (SSSR count). The number of hydrogen-bond donors (Lipinski definition) is 3. The SMILES string of the molecule is CC(C)CCNC(N)=NCC1(O)CCSC1. The molecule has 1 aliphatic rings. The van der Waals surface area contributed by atoms with E-state index in [1.807, 2.05) is 0 Å². The molecule has 1 fully saturated rings. The van der Waals surface area contributed by atoms with Gasteiger partial charge in [-0.2, -0.15) is 11.8 Å². The molecule has 1 saturated heterocycles. The lowest BCUT2D eigenvalue weighted by molar-refractivity contribution is 0.0779. The Morgan fingerprint density at radius 2 is 2.38 bits per heavy atom. The zero-order valence-electron chi connectivity index (χ0n) is 10.2. The molecule has 0 amide bonds. The van der Waals surface area contributed by atoms with E-state index in [1.165, 1.54) is 0 Å². The largest absolute Gasteiger partial charge is 0.387 e. The van der Waals surface area contributed by atoms with Crippen LogP contribution in [0.5, 0.6) is 0 Å². The van der Waals surface area contributed by atoms with Crippen molar-refractivity contribution in [2.24, 2.45) is 16.6 Å². The Bertz CT molecular complexity index is 237. The number of aliphatic imine (C=N–C) groups is 1. The van der Waals surface area contributed by atoms with E-state index in [1.54, 1.807) is 11.8 Å². The smallest absolute Gasteiger partial charge is 0.188 e. The number of nitrogens with two attached hydrogens (primary N) is 1. The predicted octanol–water partition coefficient (Wildman–Crippen LogP) is 0.805. The molecule has 4 nitrogen and oxygen atoms in total. The Hall–Kier alpha value is -0.420. The molecule has 16 heavy (non-hydrogen) atoms. The molecule has 0 bridgehead atoms. The summed E-state index contributed by atoms with van der Waals surface area (Å²) in [6, 6.07) is 0. The molecule has 5 heteroatoms. The van der Waals surface area contributed by atoms with E-state index in [9.17, 15) is 5.11 Å². The number of rotatable bonds is 5. The first-order chi connectivity index (χ1) is 7.52. The topological polar surface area (TPSA) is 70.6 Å². The lowest BCUT2D eigenvalue weighted by atomic mass is 10.1. The molecule has 0 aromatic heterocycles. The van der Waals surface area contributed by atoms with E-state index in [-0.39, 0.29) is 0 Å². The zero-order valence-corrected chi connectivity index (χ0v) is 11.0. The van der Waals surface area contributed by atoms with Crippen molar-refractivity contribution in [3.05, 3.63) is 0 Å². The normalized spacial score (nSPS) is 26.4. The van der Waals surface area contributed by atoms with Crippen LogP contribution in [0.2, 0.25) is 0 Å². The number of nitrogens with one attached hydrogen (secondary N) is 1. The van der Waals surface area contributed by atoms with Crippen molar-refractivity contribution in [2.75, 3.05) is 24.6 Å². The van der Waals surface area contributed by atoms with Gasteiger partial charge in [-0.3, -0.25) is 4.99 Å². The van der Waals surface area contributed by atoms with E-state index in [4.69, 9.17) is 5.73 Å². The average Bonchev–Trinajstić information content (AvgIpc) is 2.62. The van der Waals surface area contributed by atoms with E-state index in [0.717, 1.165) is 30.9 Å². The summed E-state index contributed by atoms with van der Waals surface area (Å²) in [6.45, 7) is 5.61. The third kappa shape index (κ3) is 5.07. The van der Waals surface area contributed by atoms with E-state index >= 15 is 0 Å². The maximum Gasteiger partial charge on any atom is 0.188 e. The van der Waals surface area contributed by atoms with Gasteiger partial charge in [0.2, 0.25) is 0 Å². The summed E-state index contributed by atoms with van der Waals surface area (Å²) in [4.78, 5) is 4.19. The highest BCUT2D eigenvalue weighted by Crippen LogP contribution is 2.27. The minimum atomic E-state index is -0.630. The van der Waals surface area contributed by atoms with Crippen molar-refractivity contribution >= 4 is 17.7 Å². The van der Waals surface area contributed by atoms with Crippen LogP contribution in [-0.2, 0) is 0 Å². The van der Waals surface area contributed by atoms with Crippen LogP contribution in [0.25, 0.3) is 0 Å². The number of aliphatic hydroxyl groups is 1. The Morgan fingerprint density at radius 3 is 2.94 bits per heavy atom. The maximum absolute atomic E-state index is 10.0. The van der Waals surface area contributed by atoms with Crippen LogP contribution < -0.4 is 11.1 Å². The van der Waals surface area contributed by atoms with Gasteiger partial charge in [0, 0.05) is 12.3 Å². The molecule has 0 aromatic rings. The molecular weight excluding hydrogens is 222 g/mol. The van der Waals surface area contributed by atoms with E-state index < -0.39 is 5.60 Å². The number of hydrogen-bond acceptors (Lipinski definition) is 3. The van der Waals surface area contributed by atoms with Gasteiger partial charge in [-0.25, -0.2) is 0 Å². The summed E-state index contributed by atoms with van der Waals surface area (Å²) in [5, 5.41) is 13.1. The molecule has 1 unspecified atom stereocenters. The summed E-state index contributed by atoms with van der Waals surface area (Å²) in [5.74, 6) is 2.91. The van der Waals surface area contributed by atoms with Gasteiger partial charge in [-0.05, 0) is 24.5 Å². The van der Waals surface area contributed by atoms with Gasteiger partial charge in [0.05, 0.1) is 12.1 Å². The quantitative estimate of drug-likeness (QED) is 0.495. The second-order valence-corrected chi connectivity index (χ2v) is 5.94. The van der Waals surface area contributed by atoms with Gasteiger partial charge >= 0.3 is 0 Å². The maximum atomic E-state index is 10.0. The van der Waals surface area contributed by atoms with Gasteiger partial charge in [-0.1, -0.05) is 13.8 Å². The van der Waals surface area contributed by atoms with Gasteiger partial charge in [0.25, 0.3) is 0 Å². The van der Waals surface area contributed by atoms with Crippen molar-refractivity contribution in [2.45, 2.75) is 32.3 Å². The van der Waals surface area contributed by atoms with Crippen molar-refractivity contribution in [3.8, 4) is 0 Å². The van der Waals surface area contributed by atoms with Crippen LogP contribution in [-0.4, -0.2) is 41.3 Å². The average molecular weight is 245 g/mol. The van der Waals surface area contributed by atoms with E-state index in [2.05, 4.69) is 24.2 Å². The molecule has 4 N–H and O–H groups in total. The zero-order chi connectivity index (χ0) is 12.0. The highest BCUT2D eigenvalue weighted by atomic mass is 32.2. The fraction of sp³-hybridized carbons (Fsp3) is 0.909. The molecule has 0 aromatic carbocycles. The summed E-state index contributed by atoms with van der Waals surface area (Å²) in [6.07, 6.45) is 1.90. The molecule has 94 valence electrons. The lowest BCUT2D eigenvalue weighted by Crippen LogP contribution is -2.37. The minimum Gasteiger partial charge on any atom is -0.387 e. The number of guanidine groups is 1. The first-order valence-corrected chi connectivity index (χ1v) is 7.01. The Kier molecular flexibility index (Phi) is 5.41. The summed E-state index contributed by atoms with van der Waals surface area (Å²) in [7, 11) is 0. The molecular formula is C11H23N3OS. The molecule has 0 radical (unpaired) electrons.